The van der Waals surface area contributed by atoms with Crippen LogP contribution in [0.25, 0.3) is 0 Å². The van der Waals surface area contributed by atoms with Gasteiger partial charge in [-0.1, -0.05) is 13.8 Å². The standard InChI is InChI=1S/C11H18BrNS/c1-8(2)6-9(13-3)7-10-4-5-11(12)14-10/h4-5,8-9,13H,6-7H2,1-3H3. The molecule has 0 bridgehead atoms. The first-order chi connectivity index (χ1) is 6.61. The Hall–Kier alpha value is 0.140. The third kappa shape index (κ3) is 4.11. The van der Waals surface area contributed by atoms with E-state index in [2.05, 4.69) is 54.3 Å². The van der Waals surface area contributed by atoms with Crippen molar-refractivity contribution >= 4 is 27.3 Å². The topological polar surface area (TPSA) is 12.0 Å². The molecular weight excluding hydrogens is 258 g/mol. The van der Waals surface area contributed by atoms with Crippen molar-refractivity contribution in [1.82, 2.24) is 5.32 Å². The third-order valence-electron chi connectivity index (χ3n) is 2.24. The SMILES string of the molecule is CNC(Cc1ccc(Br)s1)CC(C)C. The van der Waals surface area contributed by atoms with Crippen LogP contribution >= 0.6 is 27.3 Å². The van der Waals surface area contributed by atoms with Crippen LogP contribution in [0.15, 0.2) is 15.9 Å². The average molecular weight is 276 g/mol. The lowest BCUT2D eigenvalue weighted by molar-refractivity contribution is 0.443. The van der Waals surface area contributed by atoms with Gasteiger partial charge in [-0.2, -0.15) is 0 Å². The zero-order valence-corrected chi connectivity index (χ0v) is 11.4. The summed E-state index contributed by atoms with van der Waals surface area (Å²) in [5.41, 5.74) is 0. The number of hydrogen-bond donors (Lipinski definition) is 1. The van der Waals surface area contributed by atoms with E-state index >= 15 is 0 Å². The van der Waals surface area contributed by atoms with Gasteiger partial charge in [-0.3, -0.25) is 0 Å². The summed E-state index contributed by atoms with van der Waals surface area (Å²) in [4.78, 5) is 1.46. The summed E-state index contributed by atoms with van der Waals surface area (Å²) in [7, 11) is 2.05. The van der Waals surface area contributed by atoms with E-state index in [9.17, 15) is 0 Å². The minimum absolute atomic E-state index is 0.612. The Balaban J connectivity index is 2.48. The molecule has 1 atom stereocenters. The number of thiophene rings is 1. The molecule has 0 radical (unpaired) electrons. The fraction of sp³-hybridized carbons (Fsp3) is 0.636. The van der Waals surface area contributed by atoms with E-state index in [4.69, 9.17) is 0 Å². The Morgan fingerprint density at radius 2 is 2.14 bits per heavy atom. The number of rotatable bonds is 5. The summed E-state index contributed by atoms with van der Waals surface area (Å²) in [5, 5.41) is 3.38. The Bertz CT molecular complexity index is 270. The molecule has 1 nitrogen and oxygen atoms in total. The smallest absolute Gasteiger partial charge is 0.0701 e. The first kappa shape index (κ1) is 12.2. The minimum Gasteiger partial charge on any atom is -0.317 e. The van der Waals surface area contributed by atoms with Crippen LogP contribution < -0.4 is 5.32 Å². The summed E-state index contributed by atoms with van der Waals surface area (Å²) in [6.07, 6.45) is 2.39. The second-order valence-electron chi connectivity index (χ2n) is 4.03. The summed E-state index contributed by atoms with van der Waals surface area (Å²) >= 11 is 5.33. The lowest BCUT2D eigenvalue weighted by Gasteiger charge is -2.17. The molecule has 0 aliphatic carbocycles. The highest BCUT2D eigenvalue weighted by Gasteiger charge is 2.10. The van der Waals surface area contributed by atoms with Gasteiger partial charge in [-0.05, 0) is 53.9 Å². The average Bonchev–Trinajstić information content (AvgIpc) is 2.49. The minimum atomic E-state index is 0.612. The molecule has 1 aromatic rings. The molecule has 1 aromatic heterocycles. The molecule has 0 spiro atoms. The first-order valence-electron chi connectivity index (χ1n) is 5.03. The van der Waals surface area contributed by atoms with Crippen molar-refractivity contribution < 1.29 is 0 Å². The molecule has 1 heterocycles. The summed E-state index contributed by atoms with van der Waals surface area (Å²) in [6.45, 7) is 4.54. The summed E-state index contributed by atoms with van der Waals surface area (Å²) < 4.78 is 1.23. The van der Waals surface area contributed by atoms with Crippen LogP contribution in [0.4, 0.5) is 0 Å². The molecule has 0 aliphatic heterocycles. The Labute approximate surface area is 99.0 Å². The molecule has 1 unspecified atom stereocenters. The fourth-order valence-electron chi connectivity index (χ4n) is 1.58. The number of hydrogen-bond acceptors (Lipinski definition) is 2. The fourth-order valence-corrected chi connectivity index (χ4v) is 3.14. The maximum atomic E-state index is 3.49. The molecule has 1 N–H and O–H groups in total. The van der Waals surface area contributed by atoms with Crippen molar-refractivity contribution in [2.24, 2.45) is 5.92 Å². The summed E-state index contributed by atoms with van der Waals surface area (Å²) in [6, 6.07) is 4.95. The molecule has 14 heavy (non-hydrogen) atoms. The van der Waals surface area contributed by atoms with Gasteiger partial charge in [-0.25, -0.2) is 0 Å². The maximum absolute atomic E-state index is 3.49. The molecule has 3 heteroatoms. The number of likely N-dealkylation sites (N-methyl/N-ethyl adjacent to an activating group) is 1. The van der Waals surface area contributed by atoms with Gasteiger partial charge < -0.3 is 5.32 Å². The van der Waals surface area contributed by atoms with E-state index in [1.54, 1.807) is 0 Å². The molecule has 80 valence electrons. The quantitative estimate of drug-likeness (QED) is 0.865. The highest BCUT2D eigenvalue weighted by Crippen LogP contribution is 2.24. The van der Waals surface area contributed by atoms with Gasteiger partial charge in [0.05, 0.1) is 3.79 Å². The lowest BCUT2D eigenvalue weighted by Crippen LogP contribution is -2.28. The van der Waals surface area contributed by atoms with E-state index in [1.807, 2.05) is 11.3 Å². The van der Waals surface area contributed by atoms with Crippen LogP contribution in [-0.4, -0.2) is 13.1 Å². The molecule has 0 fully saturated rings. The first-order valence-corrected chi connectivity index (χ1v) is 6.64. The van der Waals surface area contributed by atoms with Crippen molar-refractivity contribution in [2.75, 3.05) is 7.05 Å². The van der Waals surface area contributed by atoms with E-state index in [0.29, 0.717) is 6.04 Å². The van der Waals surface area contributed by atoms with Crippen LogP contribution in [0.5, 0.6) is 0 Å². The van der Waals surface area contributed by atoms with Crippen molar-refractivity contribution in [3.8, 4) is 0 Å². The van der Waals surface area contributed by atoms with Crippen LogP contribution in [0.3, 0.4) is 0 Å². The Kier molecular flexibility index (Phi) is 5.13. The van der Waals surface area contributed by atoms with Gasteiger partial charge in [0.25, 0.3) is 0 Å². The summed E-state index contributed by atoms with van der Waals surface area (Å²) in [5.74, 6) is 0.760. The molecule has 0 saturated carbocycles. The highest BCUT2D eigenvalue weighted by molar-refractivity contribution is 9.11. The van der Waals surface area contributed by atoms with Gasteiger partial charge in [0.1, 0.15) is 0 Å². The lowest BCUT2D eigenvalue weighted by atomic mass is 10.0. The third-order valence-corrected chi connectivity index (χ3v) is 3.89. The van der Waals surface area contributed by atoms with Gasteiger partial charge in [0, 0.05) is 10.9 Å². The molecule has 0 saturated heterocycles. The van der Waals surface area contributed by atoms with E-state index in [0.717, 1.165) is 12.3 Å². The van der Waals surface area contributed by atoms with E-state index < -0.39 is 0 Å². The Morgan fingerprint density at radius 3 is 2.57 bits per heavy atom. The van der Waals surface area contributed by atoms with Gasteiger partial charge >= 0.3 is 0 Å². The molecule has 1 rings (SSSR count). The second-order valence-corrected chi connectivity index (χ2v) is 6.57. The highest BCUT2D eigenvalue weighted by atomic mass is 79.9. The van der Waals surface area contributed by atoms with Crippen molar-refractivity contribution in [3.63, 3.8) is 0 Å². The van der Waals surface area contributed by atoms with Crippen molar-refractivity contribution in [2.45, 2.75) is 32.7 Å². The number of halogens is 1. The molecular formula is C11H18BrNS. The van der Waals surface area contributed by atoms with Crippen LogP contribution in [-0.2, 0) is 6.42 Å². The van der Waals surface area contributed by atoms with Gasteiger partial charge in [-0.15, -0.1) is 11.3 Å². The van der Waals surface area contributed by atoms with Crippen molar-refractivity contribution in [1.29, 1.82) is 0 Å². The second kappa shape index (κ2) is 5.89. The predicted octanol–water partition coefficient (Wildman–Crippen LogP) is 3.69. The van der Waals surface area contributed by atoms with Crippen LogP contribution in [0.2, 0.25) is 0 Å². The van der Waals surface area contributed by atoms with E-state index in [1.165, 1.54) is 15.1 Å². The van der Waals surface area contributed by atoms with Crippen LogP contribution in [0, 0.1) is 5.92 Å². The normalized spacial score (nSPS) is 13.5. The zero-order valence-electron chi connectivity index (χ0n) is 9.01. The molecule has 0 aromatic carbocycles. The van der Waals surface area contributed by atoms with Gasteiger partial charge in [0.15, 0.2) is 0 Å². The largest absolute Gasteiger partial charge is 0.317 e. The van der Waals surface area contributed by atoms with Crippen LogP contribution in [0.1, 0.15) is 25.1 Å². The Morgan fingerprint density at radius 1 is 1.43 bits per heavy atom. The number of nitrogens with one attached hydrogen (secondary N) is 1. The predicted molar refractivity (Wildman–Crippen MR) is 68.0 cm³/mol. The van der Waals surface area contributed by atoms with E-state index in [-0.39, 0.29) is 0 Å². The monoisotopic (exact) mass is 275 g/mol. The van der Waals surface area contributed by atoms with Gasteiger partial charge in [0.2, 0.25) is 0 Å². The zero-order chi connectivity index (χ0) is 10.6. The van der Waals surface area contributed by atoms with Crippen molar-refractivity contribution in [3.05, 3.63) is 20.8 Å². The molecule has 0 amide bonds. The maximum Gasteiger partial charge on any atom is 0.0701 e. The molecule has 0 aliphatic rings.